The monoisotopic (exact) mass is 349 g/mol. The average Bonchev–Trinajstić information content (AvgIpc) is 2.92. The number of carbonyl (C=O) groups is 1. The fourth-order valence-corrected chi connectivity index (χ4v) is 5.15. The highest BCUT2D eigenvalue weighted by Gasteiger charge is 2.46. The van der Waals surface area contributed by atoms with Gasteiger partial charge in [0.25, 0.3) is 10.2 Å². The van der Waals surface area contributed by atoms with E-state index in [1.54, 1.807) is 0 Å². The topological polar surface area (TPSA) is 130 Å². The maximum Gasteiger partial charge on any atom is 0.451 e. The van der Waals surface area contributed by atoms with Gasteiger partial charge >= 0.3 is 13.1 Å². The van der Waals surface area contributed by atoms with E-state index in [4.69, 9.17) is 10.0 Å². The van der Waals surface area contributed by atoms with Gasteiger partial charge in [-0.1, -0.05) is 6.42 Å². The van der Waals surface area contributed by atoms with Crippen LogP contribution in [0.4, 0.5) is 0 Å². The number of nitrogens with one attached hydrogen (secondary N) is 1. The smallest absolute Gasteiger partial charge is 0.451 e. The lowest BCUT2D eigenvalue weighted by atomic mass is 9.82. The molecule has 0 aliphatic carbocycles. The molecule has 11 heteroatoms. The number of piperazine rings is 1. The zero-order valence-electron chi connectivity index (χ0n) is 13.0. The van der Waals surface area contributed by atoms with Crippen molar-refractivity contribution in [3.63, 3.8) is 0 Å². The summed E-state index contributed by atoms with van der Waals surface area (Å²) in [5.41, 5.74) is 0. The first-order valence-corrected chi connectivity index (χ1v) is 9.30. The molecule has 2 heterocycles. The summed E-state index contributed by atoms with van der Waals surface area (Å²) in [4.78, 5) is 11.4. The second kappa shape index (κ2) is 7.91. The van der Waals surface area contributed by atoms with Crippen LogP contribution in [0.5, 0.6) is 0 Å². The molecule has 9 nitrogen and oxygen atoms in total. The molecule has 4 N–H and O–H groups in total. The minimum atomic E-state index is -3.69. The van der Waals surface area contributed by atoms with Crippen molar-refractivity contribution < 1.29 is 28.4 Å². The largest absolute Gasteiger partial charge is 0.481 e. The van der Waals surface area contributed by atoms with Crippen LogP contribution < -0.4 is 5.32 Å². The van der Waals surface area contributed by atoms with Crippen LogP contribution in [-0.2, 0) is 15.0 Å². The first-order chi connectivity index (χ1) is 10.8. The van der Waals surface area contributed by atoms with Crippen molar-refractivity contribution in [2.45, 2.75) is 31.6 Å². The van der Waals surface area contributed by atoms with Gasteiger partial charge in [-0.05, 0) is 19.2 Å². The number of carboxylic acid groups (broad SMARTS) is 1. The summed E-state index contributed by atoms with van der Waals surface area (Å²) < 4.78 is 28.3. The van der Waals surface area contributed by atoms with Gasteiger partial charge in [0.1, 0.15) is 0 Å². The quantitative estimate of drug-likeness (QED) is 0.398. The number of carboxylic acids is 1. The first kappa shape index (κ1) is 18.6. The summed E-state index contributed by atoms with van der Waals surface area (Å²) in [6.45, 7) is 2.10. The third kappa shape index (κ3) is 4.43. The Labute approximate surface area is 136 Å². The fraction of sp³-hybridized carbons (Fsp3) is 0.917. The van der Waals surface area contributed by atoms with E-state index in [1.807, 2.05) is 0 Å². The van der Waals surface area contributed by atoms with E-state index in [0.29, 0.717) is 39.0 Å². The van der Waals surface area contributed by atoms with Gasteiger partial charge in [-0.15, -0.1) is 0 Å². The van der Waals surface area contributed by atoms with Gasteiger partial charge < -0.3 is 20.5 Å². The molecule has 2 aliphatic rings. The van der Waals surface area contributed by atoms with Crippen LogP contribution >= 0.6 is 0 Å². The lowest BCUT2D eigenvalue weighted by Crippen LogP contribution is -2.53. The number of hydrogen-bond donors (Lipinski definition) is 4. The summed E-state index contributed by atoms with van der Waals surface area (Å²) in [6, 6.07) is -0.633. The van der Waals surface area contributed by atoms with Crippen LogP contribution in [0.15, 0.2) is 0 Å². The molecule has 0 aromatic carbocycles. The van der Waals surface area contributed by atoms with E-state index in [2.05, 4.69) is 5.32 Å². The molecule has 0 radical (unpaired) electrons. The van der Waals surface area contributed by atoms with Crippen molar-refractivity contribution in [2.24, 2.45) is 5.92 Å². The highest BCUT2D eigenvalue weighted by Crippen LogP contribution is 2.32. The second-order valence-electron chi connectivity index (χ2n) is 5.98. The van der Waals surface area contributed by atoms with Gasteiger partial charge in [-0.2, -0.15) is 17.0 Å². The summed E-state index contributed by atoms with van der Waals surface area (Å²) in [7, 11) is -5.15. The second-order valence-corrected chi connectivity index (χ2v) is 7.86. The zero-order valence-corrected chi connectivity index (χ0v) is 13.8. The normalized spacial score (nSPS) is 27.2. The van der Waals surface area contributed by atoms with Gasteiger partial charge in [0, 0.05) is 38.8 Å². The highest BCUT2D eigenvalue weighted by molar-refractivity contribution is 7.86. The molecule has 132 valence electrons. The Morgan fingerprint density at radius 3 is 2.43 bits per heavy atom. The maximum atomic E-state index is 12.8. The molecule has 0 saturated carbocycles. The molecule has 0 aromatic rings. The number of nitrogens with zero attached hydrogens (tertiary/aromatic N) is 2. The van der Waals surface area contributed by atoms with Gasteiger partial charge in [-0.3, -0.25) is 4.79 Å². The summed E-state index contributed by atoms with van der Waals surface area (Å²) in [6.07, 6.45) is 1.05. The third-order valence-electron chi connectivity index (χ3n) is 4.47. The molecule has 0 bridgehead atoms. The molecule has 2 atom stereocenters. The molecular formula is C12H24BN3O6S. The van der Waals surface area contributed by atoms with E-state index in [0.717, 1.165) is 0 Å². The molecule has 0 amide bonds. The van der Waals surface area contributed by atoms with E-state index in [-0.39, 0.29) is 19.3 Å². The molecule has 0 aromatic heterocycles. The van der Waals surface area contributed by atoms with Crippen molar-refractivity contribution in [3.05, 3.63) is 0 Å². The van der Waals surface area contributed by atoms with E-state index in [9.17, 15) is 18.3 Å². The van der Waals surface area contributed by atoms with Crippen LogP contribution in [-0.4, -0.2) is 84.0 Å². The predicted molar refractivity (Wildman–Crippen MR) is 83.8 cm³/mol. The summed E-state index contributed by atoms with van der Waals surface area (Å²) in [5.74, 6) is -1.75. The van der Waals surface area contributed by atoms with Crippen molar-refractivity contribution >= 4 is 23.3 Å². The van der Waals surface area contributed by atoms with Crippen molar-refractivity contribution in [1.29, 1.82) is 0 Å². The maximum absolute atomic E-state index is 12.8. The number of rotatable bonds is 7. The molecule has 23 heavy (non-hydrogen) atoms. The summed E-state index contributed by atoms with van der Waals surface area (Å²) in [5, 5.41) is 30.3. The number of aliphatic carboxylic acids is 1. The van der Waals surface area contributed by atoms with Crippen LogP contribution in [0.25, 0.3) is 0 Å². The van der Waals surface area contributed by atoms with E-state index >= 15 is 0 Å². The Hall–Kier alpha value is -0.715. The standard InChI is InChI=1S/C12H24BN3O6S/c17-12(18)10-3-7-16(11(10)2-1-4-13(19)20)23(21,22)15-8-5-14-6-9-15/h10-11,14,19-20H,1-9H2,(H,17,18). The Morgan fingerprint density at radius 1 is 1.22 bits per heavy atom. The average molecular weight is 349 g/mol. The first-order valence-electron chi connectivity index (χ1n) is 7.90. The SMILES string of the molecule is O=C(O)C1CCN(S(=O)(=O)N2CCNCC2)C1CCCB(O)O. The van der Waals surface area contributed by atoms with Crippen LogP contribution in [0.2, 0.25) is 6.32 Å². The molecule has 0 spiro atoms. The Balaban J connectivity index is 2.12. The lowest BCUT2D eigenvalue weighted by Gasteiger charge is -2.34. The van der Waals surface area contributed by atoms with E-state index in [1.165, 1.54) is 8.61 Å². The van der Waals surface area contributed by atoms with Gasteiger partial charge in [0.05, 0.1) is 5.92 Å². The molecular weight excluding hydrogens is 325 g/mol. The minimum Gasteiger partial charge on any atom is -0.481 e. The molecule has 2 fully saturated rings. The fourth-order valence-electron chi connectivity index (χ4n) is 3.28. The third-order valence-corrected chi connectivity index (χ3v) is 6.54. The lowest BCUT2D eigenvalue weighted by molar-refractivity contribution is -0.142. The molecule has 2 rings (SSSR count). The van der Waals surface area contributed by atoms with Gasteiger partial charge in [-0.25, -0.2) is 0 Å². The highest BCUT2D eigenvalue weighted by atomic mass is 32.2. The van der Waals surface area contributed by atoms with Crippen molar-refractivity contribution in [3.8, 4) is 0 Å². The summed E-state index contributed by atoms with van der Waals surface area (Å²) >= 11 is 0. The van der Waals surface area contributed by atoms with Crippen molar-refractivity contribution in [1.82, 2.24) is 13.9 Å². The minimum absolute atomic E-state index is 0.102. The molecule has 2 unspecified atom stereocenters. The van der Waals surface area contributed by atoms with Gasteiger partial charge in [0.2, 0.25) is 0 Å². The van der Waals surface area contributed by atoms with Crippen molar-refractivity contribution in [2.75, 3.05) is 32.7 Å². The van der Waals surface area contributed by atoms with Crippen LogP contribution in [0.3, 0.4) is 0 Å². The van der Waals surface area contributed by atoms with Gasteiger partial charge in [0.15, 0.2) is 0 Å². The van der Waals surface area contributed by atoms with E-state index < -0.39 is 35.3 Å². The zero-order chi connectivity index (χ0) is 17.0. The van der Waals surface area contributed by atoms with Crippen LogP contribution in [0.1, 0.15) is 19.3 Å². The number of hydrogen-bond acceptors (Lipinski definition) is 6. The van der Waals surface area contributed by atoms with Crippen LogP contribution in [0, 0.1) is 5.92 Å². The molecule has 2 aliphatic heterocycles. The predicted octanol–water partition coefficient (Wildman–Crippen LogP) is -1.84. The molecule has 2 saturated heterocycles. The Morgan fingerprint density at radius 2 is 1.87 bits per heavy atom. The Bertz CT molecular complexity index is 511. The Kier molecular flexibility index (Phi) is 6.40.